The molecule has 2 heterocycles. The number of alkyl halides is 3. The Kier molecular flexibility index (Phi) is 4.27. The number of carbonyl (C=O) groups is 1. The lowest BCUT2D eigenvalue weighted by Gasteiger charge is -2.15. The SMILES string of the molecule is COC(=O)c1cc2c(=O)n(-c3ccccc3C(F)(F)F)ccc2nc1C. The third kappa shape index (κ3) is 2.94. The van der Waals surface area contributed by atoms with Gasteiger partial charge in [-0.3, -0.25) is 14.3 Å². The van der Waals surface area contributed by atoms with Crippen LogP contribution in [0, 0.1) is 6.92 Å². The van der Waals surface area contributed by atoms with Crippen molar-refractivity contribution in [2.24, 2.45) is 0 Å². The molecule has 2 aromatic heterocycles. The van der Waals surface area contributed by atoms with E-state index < -0.39 is 23.3 Å². The van der Waals surface area contributed by atoms with Gasteiger partial charge in [-0.05, 0) is 31.2 Å². The van der Waals surface area contributed by atoms with E-state index in [2.05, 4.69) is 9.72 Å². The Bertz CT molecular complexity index is 1070. The number of nitrogens with zero attached hydrogens (tertiary/aromatic N) is 2. The number of fused-ring (bicyclic) bond motifs is 1. The maximum Gasteiger partial charge on any atom is 0.418 e. The fraction of sp³-hybridized carbons (Fsp3) is 0.167. The Morgan fingerprint density at radius 1 is 1.19 bits per heavy atom. The molecule has 0 aliphatic carbocycles. The Balaban J connectivity index is 2.31. The monoisotopic (exact) mass is 362 g/mol. The van der Waals surface area contributed by atoms with Gasteiger partial charge in [-0.15, -0.1) is 0 Å². The summed E-state index contributed by atoms with van der Waals surface area (Å²) >= 11 is 0. The molecule has 0 saturated carbocycles. The summed E-state index contributed by atoms with van der Waals surface area (Å²) in [6.07, 6.45) is -3.38. The average molecular weight is 362 g/mol. The van der Waals surface area contributed by atoms with Gasteiger partial charge in [0.1, 0.15) is 0 Å². The number of methoxy groups -OCH3 is 1. The van der Waals surface area contributed by atoms with Crippen LogP contribution < -0.4 is 5.56 Å². The molecule has 0 radical (unpaired) electrons. The molecule has 5 nitrogen and oxygen atoms in total. The maximum atomic E-state index is 13.3. The van der Waals surface area contributed by atoms with Crippen LogP contribution in [0.5, 0.6) is 0 Å². The number of halogens is 3. The Morgan fingerprint density at radius 2 is 1.88 bits per heavy atom. The summed E-state index contributed by atoms with van der Waals surface area (Å²) in [6.45, 7) is 1.58. The molecule has 0 aliphatic heterocycles. The molecule has 0 aliphatic rings. The van der Waals surface area contributed by atoms with Crippen molar-refractivity contribution in [2.75, 3.05) is 7.11 Å². The van der Waals surface area contributed by atoms with Crippen LogP contribution in [0.2, 0.25) is 0 Å². The van der Waals surface area contributed by atoms with Crippen molar-refractivity contribution in [3.63, 3.8) is 0 Å². The van der Waals surface area contributed by atoms with Gasteiger partial charge in [0.25, 0.3) is 5.56 Å². The number of ether oxygens (including phenoxy) is 1. The van der Waals surface area contributed by atoms with Crippen molar-refractivity contribution < 1.29 is 22.7 Å². The highest BCUT2D eigenvalue weighted by atomic mass is 19.4. The van der Waals surface area contributed by atoms with Crippen molar-refractivity contribution in [3.05, 3.63) is 69.8 Å². The largest absolute Gasteiger partial charge is 0.465 e. The Morgan fingerprint density at radius 3 is 2.54 bits per heavy atom. The summed E-state index contributed by atoms with van der Waals surface area (Å²) in [5.41, 5.74) is -1.23. The van der Waals surface area contributed by atoms with Crippen molar-refractivity contribution in [1.82, 2.24) is 9.55 Å². The van der Waals surface area contributed by atoms with E-state index in [1.54, 1.807) is 6.92 Å². The van der Waals surface area contributed by atoms with Crippen LogP contribution in [0.4, 0.5) is 13.2 Å². The van der Waals surface area contributed by atoms with Crippen molar-refractivity contribution in [2.45, 2.75) is 13.1 Å². The van der Waals surface area contributed by atoms with Gasteiger partial charge in [0.2, 0.25) is 0 Å². The van der Waals surface area contributed by atoms with Gasteiger partial charge in [-0.2, -0.15) is 13.2 Å². The van der Waals surface area contributed by atoms with Crippen LogP contribution in [0.1, 0.15) is 21.6 Å². The number of rotatable bonds is 2. The van der Waals surface area contributed by atoms with Crippen molar-refractivity contribution in [3.8, 4) is 5.69 Å². The number of hydrogen-bond acceptors (Lipinski definition) is 4. The van der Waals surface area contributed by atoms with Gasteiger partial charge in [0.15, 0.2) is 0 Å². The number of pyridine rings is 2. The molecule has 26 heavy (non-hydrogen) atoms. The van der Waals surface area contributed by atoms with Gasteiger partial charge < -0.3 is 4.74 Å². The third-order valence-electron chi connectivity index (χ3n) is 3.95. The molecule has 0 bridgehead atoms. The number of hydrogen-bond donors (Lipinski definition) is 0. The van der Waals surface area contributed by atoms with E-state index in [0.717, 1.165) is 10.6 Å². The van der Waals surface area contributed by atoms with E-state index in [0.29, 0.717) is 5.69 Å². The molecule has 0 atom stereocenters. The van der Waals surface area contributed by atoms with Gasteiger partial charge in [0, 0.05) is 6.20 Å². The van der Waals surface area contributed by atoms with Gasteiger partial charge in [-0.1, -0.05) is 12.1 Å². The summed E-state index contributed by atoms with van der Waals surface area (Å²) in [5.74, 6) is -0.678. The smallest absolute Gasteiger partial charge is 0.418 e. The number of benzene rings is 1. The minimum Gasteiger partial charge on any atom is -0.465 e. The molecule has 1 aromatic carbocycles. The highest BCUT2D eigenvalue weighted by molar-refractivity contribution is 5.94. The highest BCUT2D eigenvalue weighted by Gasteiger charge is 2.34. The topological polar surface area (TPSA) is 61.2 Å². The second kappa shape index (κ2) is 6.29. The fourth-order valence-electron chi connectivity index (χ4n) is 2.69. The van der Waals surface area contributed by atoms with Crippen LogP contribution in [-0.2, 0) is 10.9 Å². The van der Waals surface area contributed by atoms with E-state index in [4.69, 9.17) is 0 Å². The third-order valence-corrected chi connectivity index (χ3v) is 3.95. The summed E-state index contributed by atoms with van der Waals surface area (Å²) in [6, 6.07) is 7.49. The van der Waals surface area contributed by atoms with Crippen LogP contribution in [0.25, 0.3) is 16.6 Å². The van der Waals surface area contributed by atoms with E-state index in [-0.39, 0.29) is 22.2 Å². The minimum atomic E-state index is -4.62. The zero-order chi connectivity index (χ0) is 19.1. The predicted molar refractivity (Wildman–Crippen MR) is 88.4 cm³/mol. The molecule has 3 aromatic rings. The van der Waals surface area contributed by atoms with E-state index in [1.165, 1.54) is 43.6 Å². The van der Waals surface area contributed by atoms with Crippen LogP contribution in [0.3, 0.4) is 0 Å². The molecule has 3 rings (SSSR count). The molecule has 0 spiro atoms. The number of para-hydroxylation sites is 1. The minimum absolute atomic E-state index is 0.0236. The first-order valence-electron chi connectivity index (χ1n) is 7.52. The number of esters is 1. The zero-order valence-electron chi connectivity index (χ0n) is 13.8. The molecule has 0 unspecified atom stereocenters. The predicted octanol–water partition coefficient (Wildman–Crippen LogP) is 3.50. The molecule has 0 fully saturated rings. The summed E-state index contributed by atoms with van der Waals surface area (Å²) in [5, 5.41) is 0.0236. The first-order valence-corrected chi connectivity index (χ1v) is 7.52. The summed E-state index contributed by atoms with van der Waals surface area (Å²) < 4.78 is 45.3. The van der Waals surface area contributed by atoms with Crippen LogP contribution in [-0.4, -0.2) is 22.6 Å². The van der Waals surface area contributed by atoms with Gasteiger partial charge in [0.05, 0.1) is 40.5 Å². The van der Waals surface area contributed by atoms with E-state index >= 15 is 0 Å². The first-order chi connectivity index (χ1) is 12.2. The molecule has 134 valence electrons. The van der Waals surface area contributed by atoms with Crippen molar-refractivity contribution in [1.29, 1.82) is 0 Å². The molecule has 0 N–H and O–H groups in total. The molecule has 0 amide bonds. The normalized spacial score (nSPS) is 11.6. The molecule has 8 heteroatoms. The summed E-state index contributed by atoms with van der Waals surface area (Å²) in [7, 11) is 1.19. The number of aromatic nitrogens is 2. The number of aryl methyl sites for hydroxylation is 1. The lowest BCUT2D eigenvalue weighted by Crippen LogP contribution is -2.22. The average Bonchev–Trinajstić information content (AvgIpc) is 2.60. The van der Waals surface area contributed by atoms with Crippen LogP contribution >= 0.6 is 0 Å². The molecular formula is C18H13F3N2O3. The molecular weight excluding hydrogens is 349 g/mol. The lowest BCUT2D eigenvalue weighted by molar-refractivity contribution is -0.137. The van der Waals surface area contributed by atoms with Crippen molar-refractivity contribution >= 4 is 16.9 Å². The summed E-state index contributed by atoms with van der Waals surface area (Å²) in [4.78, 5) is 28.8. The Hall–Kier alpha value is -3.16. The molecule has 0 saturated heterocycles. The standard InChI is InChI=1S/C18H13F3N2O3/c1-10-11(17(25)26-2)9-12-14(22-10)7-8-23(16(12)24)15-6-4-3-5-13(15)18(19,20)21/h3-9H,1-2H3. The quantitative estimate of drug-likeness (QED) is 0.655. The van der Waals surface area contributed by atoms with Gasteiger partial charge in [-0.25, -0.2) is 4.79 Å². The second-order valence-corrected chi connectivity index (χ2v) is 5.55. The van der Waals surface area contributed by atoms with E-state index in [9.17, 15) is 22.8 Å². The maximum absolute atomic E-state index is 13.3. The lowest BCUT2D eigenvalue weighted by atomic mass is 10.1. The zero-order valence-corrected chi connectivity index (χ0v) is 13.8. The second-order valence-electron chi connectivity index (χ2n) is 5.55. The highest BCUT2D eigenvalue weighted by Crippen LogP contribution is 2.33. The van der Waals surface area contributed by atoms with E-state index in [1.807, 2.05) is 0 Å². The first kappa shape index (κ1) is 17.7. The number of carbonyl (C=O) groups excluding carboxylic acids is 1. The van der Waals surface area contributed by atoms with Crippen LogP contribution in [0.15, 0.2) is 47.4 Å². The fourth-order valence-corrected chi connectivity index (χ4v) is 2.69. The Labute approximate surface area is 145 Å². The van der Waals surface area contributed by atoms with Gasteiger partial charge >= 0.3 is 12.1 Å².